The minimum Gasteiger partial charge on any atom is -0.437 e. The number of pyridine rings is 1. The predicted octanol–water partition coefficient (Wildman–Crippen LogP) is 4.52. The van der Waals surface area contributed by atoms with Crippen molar-refractivity contribution in [2.45, 2.75) is 20.4 Å². The molecule has 0 fully saturated rings. The van der Waals surface area contributed by atoms with E-state index in [1.165, 1.54) is 0 Å². The molecule has 0 saturated heterocycles. The second-order valence-corrected chi connectivity index (χ2v) is 5.42. The Hall–Kier alpha value is -1.29. The molecule has 106 valence electrons. The van der Waals surface area contributed by atoms with Gasteiger partial charge in [0, 0.05) is 28.9 Å². The van der Waals surface area contributed by atoms with Gasteiger partial charge in [0.25, 0.3) is 0 Å². The van der Waals surface area contributed by atoms with Crippen LogP contribution in [0.15, 0.2) is 24.3 Å². The van der Waals surface area contributed by atoms with Gasteiger partial charge in [0.2, 0.25) is 5.88 Å². The lowest BCUT2D eigenvalue weighted by Crippen LogP contribution is -2.09. The summed E-state index contributed by atoms with van der Waals surface area (Å²) >= 11 is 12.1. The molecule has 0 saturated carbocycles. The lowest BCUT2D eigenvalue weighted by atomic mass is 10.1. The topological polar surface area (TPSA) is 34.2 Å². The average molecular weight is 311 g/mol. The Morgan fingerprint density at radius 3 is 2.65 bits per heavy atom. The van der Waals surface area contributed by atoms with Crippen molar-refractivity contribution in [1.29, 1.82) is 0 Å². The van der Waals surface area contributed by atoms with Crippen LogP contribution in [0.5, 0.6) is 11.6 Å². The Morgan fingerprint density at radius 1 is 1.20 bits per heavy atom. The van der Waals surface area contributed by atoms with E-state index in [0.29, 0.717) is 28.2 Å². The highest BCUT2D eigenvalue weighted by Gasteiger charge is 2.12. The first kappa shape index (κ1) is 15.1. The van der Waals surface area contributed by atoms with Gasteiger partial charge in [0.15, 0.2) is 0 Å². The van der Waals surface area contributed by atoms with Gasteiger partial charge < -0.3 is 10.1 Å². The van der Waals surface area contributed by atoms with Gasteiger partial charge in [-0.2, -0.15) is 0 Å². The second kappa shape index (κ2) is 6.44. The molecule has 1 N–H and O–H groups in total. The summed E-state index contributed by atoms with van der Waals surface area (Å²) in [5, 5.41) is 4.20. The van der Waals surface area contributed by atoms with E-state index >= 15 is 0 Å². The monoisotopic (exact) mass is 310 g/mol. The minimum atomic E-state index is 0.505. The molecule has 0 aliphatic heterocycles. The first-order valence-corrected chi connectivity index (χ1v) is 7.01. The molecule has 1 aromatic heterocycles. The zero-order valence-electron chi connectivity index (χ0n) is 11.6. The number of nitrogens with zero attached hydrogens (tertiary/aromatic N) is 1. The molecule has 1 aromatic carbocycles. The number of rotatable bonds is 4. The summed E-state index contributed by atoms with van der Waals surface area (Å²) in [5.41, 5.74) is 3.03. The molecule has 0 aliphatic carbocycles. The number of ether oxygens (including phenoxy) is 1. The predicted molar refractivity (Wildman–Crippen MR) is 83.0 cm³/mol. The molecule has 20 heavy (non-hydrogen) atoms. The van der Waals surface area contributed by atoms with Crippen molar-refractivity contribution in [2.24, 2.45) is 0 Å². The molecule has 2 aromatic rings. The van der Waals surface area contributed by atoms with Crippen LogP contribution in [-0.2, 0) is 6.54 Å². The summed E-state index contributed by atoms with van der Waals surface area (Å²) < 4.78 is 5.87. The number of nitrogens with one attached hydrogen (secondary N) is 1. The van der Waals surface area contributed by atoms with E-state index in [9.17, 15) is 0 Å². The third-order valence-corrected chi connectivity index (χ3v) is 3.44. The number of benzene rings is 1. The smallest absolute Gasteiger partial charge is 0.224 e. The Labute approximate surface area is 128 Å². The quantitative estimate of drug-likeness (QED) is 0.901. The molecule has 3 nitrogen and oxygen atoms in total. The van der Waals surface area contributed by atoms with Crippen molar-refractivity contribution in [3.05, 3.63) is 51.1 Å². The normalized spacial score (nSPS) is 10.7. The number of aromatic nitrogens is 1. The number of halogens is 2. The highest BCUT2D eigenvalue weighted by atomic mass is 35.5. The molecular weight excluding hydrogens is 295 g/mol. The first-order valence-electron chi connectivity index (χ1n) is 6.26. The van der Waals surface area contributed by atoms with Crippen LogP contribution in [0.3, 0.4) is 0 Å². The SMILES string of the molecule is CNCc1c(C)cc(C)nc1Oc1cc(Cl)ccc1Cl. The molecule has 0 atom stereocenters. The molecule has 0 aliphatic rings. The van der Waals surface area contributed by atoms with Crippen LogP contribution in [-0.4, -0.2) is 12.0 Å². The molecule has 1 heterocycles. The Kier molecular flexibility index (Phi) is 4.86. The van der Waals surface area contributed by atoms with Crippen molar-refractivity contribution in [3.8, 4) is 11.6 Å². The van der Waals surface area contributed by atoms with E-state index in [2.05, 4.69) is 10.3 Å². The molecule has 0 bridgehead atoms. The van der Waals surface area contributed by atoms with Gasteiger partial charge >= 0.3 is 0 Å². The van der Waals surface area contributed by atoms with Crippen molar-refractivity contribution < 1.29 is 4.74 Å². The fourth-order valence-corrected chi connectivity index (χ4v) is 2.28. The van der Waals surface area contributed by atoms with Crippen LogP contribution in [0.25, 0.3) is 0 Å². The van der Waals surface area contributed by atoms with Crippen LogP contribution in [0.2, 0.25) is 10.0 Å². The lowest BCUT2D eigenvalue weighted by Gasteiger charge is -2.14. The molecule has 5 heteroatoms. The molecule has 0 radical (unpaired) electrons. The highest BCUT2D eigenvalue weighted by Crippen LogP contribution is 2.33. The standard InChI is InChI=1S/C15H16Cl2N2O/c1-9-6-10(2)19-15(12(9)8-18-3)20-14-7-11(16)4-5-13(14)17/h4-7,18H,8H2,1-3H3. The fourth-order valence-electron chi connectivity index (χ4n) is 1.96. The van der Waals surface area contributed by atoms with Gasteiger partial charge in [-0.25, -0.2) is 4.98 Å². The van der Waals surface area contributed by atoms with Gasteiger partial charge in [0.05, 0.1) is 5.02 Å². The van der Waals surface area contributed by atoms with Gasteiger partial charge in [-0.1, -0.05) is 23.2 Å². The summed E-state index contributed by atoms with van der Waals surface area (Å²) in [5.74, 6) is 1.06. The highest BCUT2D eigenvalue weighted by molar-refractivity contribution is 6.34. The zero-order chi connectivity index (χ0) is 14.7. The van der Waals surface area contributed by atoms with E-state index in [1.807, 2.05) is 27.0 Å². The van der Waals surface area contributed by atoms with E-state index in [1.54, 1.807) is 18.2 Å². The summed E-state index contributed by atoms with van der Waals surface area (Å²) in [6.45, 7) is 4.64. The van der Waals surface area contributed by atoms with Crippen molar-refractivity contribution in [2.75, 3.05) is 7.05 Å². The maximum Gasteiger partial charge on any atom is 0.224 e. The number of hydrogen-bond acceptors (Lipinski definition) is 3. The van der Waals surface area contributed by atoms with Gasteiger partial charge in [0.1, 0.15) is 5.75 Å². The second-order valence-electron chi connectivity index (χ2n) is 4.57. The van der Waals surface area contributed by atoms with Crippen LogP contribution >= 0.6 is 23.2 Å². The van der Waals surface area contributed by atoms with Gasteiger partial charge in [-0.15, -0.1) is 0 Å². The molecular formula is C15H16Cl2N2O. The van der Waals surface area contributed by atoms with E-state index in [4.69, 9.17) is 27.9 Å². The molecule has 0 amide bonds. The maximum atomic E-state index is 6.13. The molecule has 0 unspecified atom stereocenters. The van der Waals surface area contributed by atoms with Crippen molar-refractivity contribution in [1.82, 2.24) is 10.3 Å². The van der Waals surface area contributed by atoms with Crippen LogP contribution in [0, 0.1) is 13.8 Å². The Bertz CT molecular complexity index is 630. The third-order valence-electron chi connectivity index (χ3n) is 2.89. The first-order chi connectivity index (χ1) is 9.51. The average Bonchev–Trinajstić information content (AvgIpc) is 2.38. The summed E-state index contributed by atoms with van der Waals surface area (Å²) in [7, 11) is 1.88. The van der Waals surface area contributed by atoms with Crippen molar-refractivity contribution >= 4 is 23.2 Å². The third kappa shape index (κ3) is 3.42. The number of aryl methyl sites for hydroxylation is 2. The van der Waals surface area contributed by atoms with Crippen LogP contribution in [0.4, 0.5) is 0 Å². The summed E-state index contributed by atoms with van der Waals surface area (Å²) in [6, 6.07) is 7.14. The fraction of sp³-hybridized carbons (Fsp3) is 0.267. The minimum absolute atomic E-state index is 0.505. The number of hydrogen-bond donors (Lipinski definition) is 1. The Balaban J connectivity index is 2.44. The van der Waals surface area contributed by atoms with Gasteiger partial charge in [-0.3, -0.25) is 0 Å². The van der Waals surface area contributed by atoms with Crippen molar-refractivity contribution in [3.63, 3.8) is 0 Å². The van der Waals surface area contributed by atoms with E-state index in [0.717, 1.165) is 16.8 Å². The lowest BCUT2D eigenvalue weighted by molar-refractivity contribution is 0.452. The Morgan fingerprint density at radius 2 is 1.95 bits per heavy atom. The molecule has 2 rings (SSSR count). The van der Waals surface area contributed by atoms with E-state index < -0.39 is 0 Å². The molecule has 0 spiro atoms. The van der Waals surface area contributed by atoms with Gasteiger partial charge in [-0.05, 0) is 44.7 Å². The zero-order valence-corrected chi connectivity index (χ0v) is 13.1. The summed E-state index contributed by atoms with van der Waals surface area (Å²) in [4.78, 5) is 4.45. The largest absolute Gasteiger partial charge is 0.437 e. The van der Waals surface area contributed by atoms with Crippen LogP contribution in [0.1, 0.15) is 16.8 Å². The van der Waals surface area contributed by atoms with E-state index in [-0.39, 0.29) is 0 Å². The summed E-state index contributed by atoms with van der Waals surface area (Å²) in [6.07, 6.45) is 0. The van der Waals surface area contributed by atoms with Crippen LogP contribution < -0.4 is 10.1 Å². The maximum absolute atomic E-state index is 6.13.